The molecule has 2 aromatic carbocycles. The minimum Gasteiger partial charge on any atom is -0.504 e. The van der Waals surface area contributed by atoms with Gasteiger partial charge in [-0.05, 0) is 24.3 Å². The van der Waals surface area contributed by atoms with E-state index < -0.39 is 0 Å². The second-order valence-corrected chi connectivity index (χ2v) is 4.58. The highest BCUT2D eigenvalue weighted by molar-refractivity contribution is 6.05. The number of anilines is 1. The Morgan fingerprint density at radius 1 is 1.00 bits per heavy atom. The fourth-order valence-corrected chi connectivity index (χ4v) is 2.00. The number of phenols is 2. The van der Waals surface area contributed by atoms with E-state index in [0.29, 0.717) is 22.2 Å². The molecule has 0 saturated carbocycles. The number of benzene rings is 2. The number of aromatic hydroxyl groups is 2. The van der Waals surface area contributed by atoms with E-state index in [4.69, 9.17) is 0 Å². The average molecular weight is 280 g/mol. The zero-order valence-electron chi connectivity index (χ0n) is 10.9. The summed E-state index contributed by atoms with van der Waals surface area (Å²) < 4.78 is 0. The van der Waals surface area contributed by atoms with E-state index in [1.54, 1.807) is 18.2 Å². The Balaban J connectivity index is 1.93. The van der Waals surface area contributed by atoms with Crippen LogP contribution in [-0.4, -0.2) is 21.1 Å². The van der Waals surface area contributed by atoms with Crippen LogP contribution in [0.3, 0.4) is 0 Å². The Morgan fingerprint density at radius 3 is 2.48 bits per heavy atom. The molecule has 5 nitrogen and oxygen atoms in total. The zero-order chi connectivity index (χ0) is 14.8. The number of hydrogen-bond donors (Lipinski definition) is 3. The molecule has 0 unspecified atom stereocenters. The molecule has 1 heterocycles. The summed E-state index contributed by atoms with van der Waals surface area (Å²) in [6.07, 6.45) is 1.43. The number of phenolic OH excluding ortho intramolecular Hbond substituents is 2. The number of aromatic nitrogens is 1. The molecule has 3 rings (SSSR count). The van der Waals surface area contributed by atoms with E-state index in [2.05, 4.69) is 10.3 Å². The summed E-state index contributed by atoms with van der Waals surface area (Å²) in [5.74, 6) is -0.774. The Hall–Kier alpha value is -3.08. The highest BCUT2D eigenvalue weighted by atomic mass is 16.3. The number of nitrogens with zero attached hydrogens (tertiary/aromatic N) is 1. The lowest BCUT2D eigenvalue weighted by atomic mass is 10.1. The van der Waals surface area contributed by atoms with E-state index in [9.17, 15) is 15.0 Å². The van der Waals surface area contributed by atoms with Gasteiger partial charge in [-0.3, -0.25) is 9.78 Å². The fraction of sp³-hybridized carbons (Fsp3) is 0. The van der Waals surface area contributed by atoms with Gasteiger partial charge in [-0.1, -0.05) is 18.2 Å². The van der Waals surface area contributed by atoms with Gasteiger partial charge in [-0.15, -0.1) is 0 Å². The summed E-state index contributed by atoms with van der Waals surface area (Å²) in [7, 11) is 0. The SMILES string of the molecule is O=C(Nc1ccccc1)c1cnc2cc(O)c(O)cc2c1. The summed E-state index contributed by atoms with van der Waals surface area (Å²) in [6, 6.07) is 13.4. The van der Waals surface area contributed by atoms with Crippen LogP contribution >= 0.6 is 0 Å². The topological polar surface area (TPSA) is 82.5 Å². The van der Waals surface area contributed by atoms with Crippen LogP contribution in [0.2, 0.25) is 0 Å². The molecule has 0 aliphatic carbocycles. The average Bonchev–Trinajstić information content (AvgIpc) is 2.49. The van der Waals surface area contributed by atoms with Crippen molar-refractivity contribution in [3.8, 4) is 11.5 Å². The lowest BCUT2D eigenvalue weighted by molar-refractivity contribution is 0.102. The monoisotopic (exact) mass is 280 g/mol. The van der Waals surface area contributed by atoms with Crippen LogP contribution in [-0.2, 0) is 0 Å². The van der Waals surface area contributed by atoms with Crippen LogP contribution in [0.25, 0.3) is 10.9 Å². The molecule has 0 aliphatic rings. The van der Waals surface area contributed by atoms with E-state index >= 15 is 0 Å². The number of hydrogen-bond acceptors (Lipinski definition) is 4. The van der Waals surface area contributed by atoms with Crippen molar-refractivity contribution in [3.63, 3.8) is 0 Å². The molecule has 21 heavy (non-hydrogen) atoms. The summed E-state index contributed by atoms with van der Waals surface area (Å²) in [4.78, 5) is 16.3. The molecule has 0 saturated heterocycles. The van der Waals surface area contributed by atoms with Crippen LogP contribution in [0, 0.1) is 0 Å². The maximum atomic E-state index is 12.1. The van der Waals surface area contributed by atoms with E-state index in [0.717, 1.165) is 0 Å². The van der Waals surface area contributed by atoms with Crippen molar-refractivity contribution in [2.24, 2.45) is 0 Å². The molecular formula is C16H12N2O3. The molecule has 104 valence electrons. The molecular weight excluding hydrogens is 268 g/mol. The van der Waals surface area contributed by atoms with Crippen LogP contribution in [0.5, 0.6) is 11.5 Å². The summed E-state index contributed by atoms with van der Waals surface area (Å²) in [5, 5.41) is 22.3. The molecule has 0 atom stereocenters. The Morgan fingerprint density at radius 2 is 1.71 bits per heavy atom. The highest BCUT2D eigenvalue weighted by Crippen LogP contribution is 2.29. The first kappa shape index (κ1) is 12.9. The molecule has 3 aromatic rings. The molecule has 5 heteroatoms. The number of fused-ring (bicyclic) bond motifs is 1. The van der Waals surface area contributed by atoms with Gasteiger partial charge in [-0.2, -0.15) is 0 Å². The van der Waals surface area contributed by atoms with Crippen molar-refractivity contribution in [2.75, 3.05) is 5.32 Å². The number of pyridine rings is 1. The van der Waals surface area contributed by atoms with Gasteiger partial charge < -0.3 is 15.5 Å². The first-order valence-electron chi connectivity index (χ1n) is 6.31. The van der Waals surface area contributed by atoms with Crippen molar-refractivity contribution in [3.05, 3.63) is 60.3 Å². The van der Waals surface area contributed by atoms with Gasteiger partial charge in [0.15, 0.2) is 11.5 Å². The quantitative estimate of drug-likeness (QED) is 0.630. The van der Waals surface area contributed by atoms with Gasteiger partial charge in [0.05, 0.1) is 11.1 Å². The van der Waals surface area contributed by atoms with Crippen LogP contribution in [0.4, 0.5) is 5.69 Å². The predicted octanol–water partition coefficient (Wildman–Crippen LogP) is 2.90. The third-order valence-electron chi connectivity index (χ3n) is 3.07. The molecule has 0 aliphatic heterocycles. The normalized spacial score (nSPS) is 10.5. The van der Waals surface area contributed by atoms with Crippen molar-refractivity contribution in [2.45, 2.75) is 0 Å². The lowest BCUT2D eigenvalue weighted by Gasteiger charge is -2.06. The Labute approximate surface area is 120 Å². The zero-order valence-corrected chi connectivity index (χ0v) is 10.9. The van der Waals surface area contributed by atoms with Gasteiger partial charge in [0, 0.05) is 23.3 Å². The van der Waals surface area contributed by atoms with Gasteiger partial charge in [-0.25, -0.2) is 0 Å². The van der Waals surface area contributed by atoms with E-state index in [-0.39, 0.29) is 17.4 Å². The van der Waals surface area contributed by atoms with Crippen molar-refractivity contribution < 1.29 is 15.0 Å². The van der Waals surface area contributed by atoms with Crippen molar-refractivity contribution in [1.82, 2.24) is 4.98 Å². The summed E-state index contributed by atoms with van der Waals surface area (Å²) in [6.45, 7) is 0. The number of carbonyl (C=O) groups excluding carboxylic acids is 1. The molecule has 0 spiro atoms. The van der Waals surface area contributed by atoms with Crippen LogP contribution in [0.1, 0.15) is 10.4 Å². The van der Waals surface area contributed by atoms with Crippen molar-refractivity contribution in [1.29, 1.82) is 0 Å². The molecule has 1 amide bonds. The molecule has 0 fully saturated rings. The van der Waals surface area contributed by atoms with Gasteiger partial charge in [0.2, 0.25) is 0 Å². The van der Waals surface area contributed by atoms with Gasteiger partial charge in [0.25, 0.3) is 5.91 Å². The summed E-state index contributed by atoms with van der Waals surface area (Å²) in [5.41, 5.74) is 1.56. The maximum absolute atomic E-state index is 12.1. The number of amides is 1. The predicted molar refractivity (Wildman–Crippen MR) is 79.5 cm³/mol. The Bertz CT molecular complexity index is 816. The van der Waals surface area contributed by atoms with Gasteiger partial charge >= 0.3 is 0 Å². The second kappa shape index (κ2) is 5.13. The minimum atomic E-state index is -0.289. The number of carbonyl (C=O) groups is 1. The number of rotatable bonds is 2. The summed E-state index contributed by atoms with van der Waals surface area (Å²) >= 11 is 0. The largest absolute Gasteiger partial charge is 0.504 e. The maximum Gasteiger partial charge on any atom is 0.257 e. The molecule has 0 bridgehead atoms. The third kappa shape index (κ3) is 2.62. The second-order valence-electron chi connectivity index (χ2n) is 4.58. The smallest absolute Gasteiger partial charge is 0.257 e. The van der Waals surface area contributed by atoms with Gasteiger partial charge in [0.1, 0.15) is 0 Å². The lowest BCUT2D eigenvalue weighted by Crippen LogP contribution is -2.12. The standard InChI is InChI=1S/C16H12N2O3/c19-14-7-10-6-11(9-17-13(10)8-15(14)20)16(21)18-12-4-2-1-3-5-12/h1-9,19-20H,(H,18,21). The Kier molecular flexibility index (Phi) is 3.16. The first-order chi connectivity index (χ1) is 10.1. The van der Waals surface area contributed by atoms with Crippen LogP contribution < -0.4 is 5.32 Å². The van der Waals surface area contributed by atoms with E-state index in [1.807, 2.05) is 18.2 Å². The highest BCUT2D eigenvalue weighted by Gasteiger charge is 2.09. The number of nitrogens with one attached hydrogen (secondary N) is 1. The first-order valence-corrected chi connectivity index (χ1v) is 6.31. The fourth-order valence-electron chi connectivity index (χ4n) is 2.00. The van der Waals surface area contributed by atoms with E-state index in [1.165, 1.54) is 18.3 Å². The van der Waals surface area contributed by atoms with Crippen molar-refractivity contribution >= 4 is 22.5 Å². The third-order valence-corrected chi connectivity index (χ3v) is 3.07. The molecule has 1 aromatic heterocycles. The molecule has 0 radical (unpaired) electrons. The number of para-hydroxylation sites is 1. The minimum absolute atomic E-state index is 0.239. The van der Waals surface area contributed by atoms with Crippen LogP contribution in [0.15, 0.2) is 54.7 Å². The molecule has 3 N–H and O–H groups in total.